The number of amides is 1. The molecule has 1 amide bonds. The predicted molar refractivity (Wildman–Crippen MR) is 95.5 cm³/mol. The molecule has 0 unspecified atom stereocenters. The number of halogens is 1. The quantitative estimate of drug-likeness (QED) is 0.899. The highest BCUT2D eigenvalue weighted by Crippen LogP contribution is 2.23. The molecule has 1 aromatic heterocycles. The third-order valence-corrected chi connectivity index (χ3v) is 3.72. The highest BCUT2D eigenvalue weighted by molar-refractivity contribution is 5.97. The summed E-state index contributed by atoms with van der Waals surface area (Å²) in [6, 6.07) is 7.53. The van der Waals surface area contributed by atoms with Crippen molar-refractivity contribution in [1.29, 1.82) is 0 Å². The third-order valence-electron chi connectivity index (χ3n) is 3.72. The topological polar surface area (TPSA) is 60.0 Å². The van der Waals surface area contributed by atoms with Gasteiger partial charge in [-0.15, -0.1) is 12.4 Å². The smallest absolute Gasteiger partial charge is 0.241 e. The average Bonchev–Trinajstić information content (AvgIpc) is 2.80. The van der Waals surface area contributed by atoms with Crippen LogP contribution < -0.4 is 11.1 Å². The van der Waals surface area contributed by atoms with E-state index in [1.807, 2.05) is 39.0 Å². The lowest BCUT2D eigenvalue weighted by molar-refractivity contribution is -0.119. The second kappa shape index (κ2) is 7.16. The Hall–Kier alpha value is -1.52. The molecular formula is C17H26ClN3O. The number of aromatic nitrogens is 1. The molecule has 1 atom stereocenters. The van der Waals surface area contributed by atoms with Crippen molar-refractivity contribution in [2.24, 2.45) is 11.1 Å². The van der Waals surface area contributed by atoms with E-state index in [-0.39, 0.29) is 23.7 Å². The van der Waals surface area contributed by atoms with Crippen LogP contribution in [0.2, 0.25) is 0 Å². The zero-order valence-electron chi connectivity index (χ0n) is 13.7. The highest BCUT2D eigenvalue weighted by Gasteiger charge is 2.27. The minimum absolute atomic E-state index is 0. The van der Waals surface area contributed by atoms with E-state index in [1.165, 1.54) is 5.39 Å². The van der Waals surface area contributed by atoms with E-state index < -0.39 is 6.04 Å². The Morgan fingerprint density at radius 1 is 1.32 bits per heavy atom. The van der Waals surface area contributed by atoms with Crippen molar-refractivity contribution in [2.75, 3.05) is 5.32 Å². The van der Waals surface area contributed by atoms with Gasteiger partial charge in [0.25, 0.3) is 0 Å². The fraction of sp³-hybridized carbons (Fsp3) is 0.471. The van der Waals surface area contributed by atoms with Gasteiger partial charge in [0.2, 0.25) is 5.91 Å². The van der Waals surface area contributed by atoms with E-state index in [9.17, 15) is 4.79 Å². The summed E-state index contributed by atoms with van der Waals surface area (Å²) in [4.78, 5) is 12.2. The maximum atomic E-state index is 12.2. The number of nitrogens with zero attached hydrogens (tertiary/aromatic N) is 1. The fourth-order valence-corrected chi connectivity index (χ4v) is 2.31. The van der Waals surface area contributed by atoms with Gasteiger partial charge in [-0.25, -0.2) is 0 Å². The number of fused-ring (bicyclic) bond motifs is 1. The Morgan fingerprint density at radius 3 is 2.59 bits per heavy atom. The molecule has 3 N–H and O–H groups in total. The van der Waals surface area contributed by atoms with Gasteiger partial charge >= 0.3 is 0 Å². The predicted octanol–water partition coefficient (Wildman–Crippen LogP) is 3.79. The summed E-state index contributed by atoms with van der Waals surface area (Å²) in [6.45, 7) is 9.02. The van der Waals surface area contributed by atoms with Crippen LogP contribution in [0.1, 0.15) is 34.1 Å². The first-order valence-electron chi connectivity index (χ1n) is 7.48. The first kappa shape index (κ1) is 18.5. The van der Waals surface area contributed by atoms with E-state index in [0.717, 1.165) is 24.2 Å². The van der Waals surface area contributed by atoms with Crippen LogP contribution >= 0.6 is 12.4 Å². The molecule has 5 heteroatoms. The number of rotatable bonds is 4. The number of carbonyl (C=O) groups is 1. The summed E-state index contributed by atoms with van der Waals surface area (Å²) in [7, 11) is 0. The molecule has 0 saturated heterocycles. The van der Waals surface area contributed by atoms with Crippen LogP contribution in [0.15, 0.2) is 30.5 Å². The van der Waals surface area contributed by atoms with Gasteiger partial charge in [-0.1, -0.05) is 33.8 Å². The van der Waals surface area contributed by atoms with E-state index in [2.05, 4.69) is 29.1 Å². The number of nitrogens with two attached hydrogens (primary N) is 1. The van der Waals surface area contributed by atoms with Crippen molar-refractivity contribution in [2.45, 2.75) is 46.7 Å². The second-order valence-electron chi connectivity index (χ2n) is 6.62. The van der Waals surface area contributed by atoms with Crippen LogP contribution in [0, 0.1) is 5.41 Å². The van der Waals surface area contributed by atoms with Gasteiger partial charge in [0.15, 0.2) is 0 Å². The molecular weight excluding hydrogens is 298 g/mol. The summed E-state index contributed by atoms with van der Waals surface area (Å²) in [5.74, 6) is -0.143. The summed E-state index contributed by atoms with van der Waals surface area (Å²) < 4.78 is 2.20. The summed E-state index contributed by atoms with van der Waals surface area (Å²) in [5, 5.41) is 4.10. The lowest BCUT2D eigenvalue weighted by Crippen LogP contribution is -2.45. The number of hydrogen-bond acceptors (Lipinski definition) is 2. The van der Waals surface area contributed by atoms with E-state index in [1.54, 1.807) is 0 Å². The normalized spacial score (nSPS) is 12.8. The lowest BCUT2D eigenvalue weighted by Gasteiger charge is -2.25. The minimum atomic E-state index is -0.532. The highest BCUT2D eigenvalue weighted by atomic mass is 35.5. The van der Waals surface area contributed by atoms with Crippen molar-refractivity contribution in [3.05, 3.63) is 30.5 Å². The van der Waals surface area contributed by atoms with Crippen molar-refractivity contribution in [3.8, 4) is 0 Å². The molecule has 1 aromatic carbocycles. The van der Waals surface area contributed by atoms with Crippen molar-refractivity contribution < 1.29 is 4.79 Å². The Labute approximate surface area is 138 Å². The van der Waals surface area contributed by atoms with E-state index in [0.29, 0.717) is 0 Å². The van der Waals surface area contributed by atoms with E-state index >= 15 is 0 Å². The molecule has 2 rings (SSSR count). The van der Waals surface area contributed by atoms with E-state index in [4.69, 9.17) is 5.73 Å². The van der Waals surface area contributed by atoms with Gasteiger partial charge in [-0.05, 0) is 35.4 Å². The molecule has 0 bridgehead atoms. The maximum absolute atomic E-state index is 12.2. The number of anilines is 1. The molecule has 0 spiro atoms. The molecule has 0 radical (unpaired) electrons. The summed E-state index contributed by atoms with van der Waals surface area (Å²) in [5.41, 5.74) is 7.67. The molecule has 0 aliphatic heterocycles. The molecule has 0 fully saturated rings. The molecule has 0 aliphatic rings. The Kier molecular flexibility index (Phi) is 6.03. The maximum Gasteiger partial charge on any atom is 0.241 e. The lowest BCUT2D eigenvalue weighted by atomic mass is 9.87. The standard InChI is InChI=1S/C17H25N3O.ClH/c1-5-9-20-10-8-12-6-7-13(11-14(12)20)19-16(21)15(18)17(2,3)4;/h6-8,10-11,15H,5,9,18H2,1-4H3,(H,19,21);1H/t15-;/m1./s1. The van der Waals surface area contributed by atoms with Crippen molar-refractivity contribution in [1.82, 2.24) is 4.57 Å². The number of hydrogen-bond donors (Lipinski definition) is 2. The molecule has 22 heavy (non-hydrogen) atoms. The zero-order valence-corrected chi connectivity index (χ0v) is 14.5. The van der Waals surface area contributed by atoms with Crippen LogP contribution in [0.3, 0.4) is 0 Å². The first-order chi connectivity index (χ1) is 9.82. The van der Waals surface area contributed by atoms with Gasteiger partial charge in [0.05, 0.1) is 11.6 Å². The Morgan fingerprint density at radius 2 is 2.00 bits per heavy atom. The summed E-state index contributed by atoms with van der Waals surface area (Å²) in [6.07, 6.45) is 3.16. The number of carbonyl (C=O) groups excluding carboxylic acids is 1. The van der Waals surface area contributed by atoms with Gasteiger partial charge < -0.3 is 15.6 Å². The number of aryl methyl sites for hydroxylation is 1. The minimum Gasteiger partial charge on any atom is -0.347 e. The number of benzene rings is 1. The summed E-state index contributed by atoms with van der Waals surface area (Å²) >= 11 is 0. The molecule has 0 saturated carbocycles. The molecule has 1 heterocycles. The van der Waals surface area contributed by atoms with Crippen LogP contribution in [0.25, 0.3) is 10.9 Å². The zero-order chi connectivity index (χ0) is 15.6. The average molecular weight is 324 g/mol. The van der Waals surface area contributed by atoms with Crippen LogP contribution in [0.5, 0.6) is 0 Å². The third kappa shape index (κ3) is 4.02. The molecule has 122 valence electrons. The van der Waals surface area contributed by atoms with Crippen molar-refractivity contribution in [3.63, 3.8) is 0 Å². The van der Waals surface area contributed by atoms with Crippen molar-refractivity contribution >= 4 is 34.9 Å². The molecule has 2 aromatic rings. The monoisotopic (exact) mass is 323 g/mol. The van der Waals surface area contributed by atoms with Gasteiger partial charge in [-0.2, -0.15) is 0 Å². The Bertz CT molecular complexity index is 643. The fourth-order valence-electron chi connectivity index (χ4n) is 2.31. The van der Waals surface area contributed by atoms with Crippen LogP contribution in [0.4, 0.5) is 5.69 Å². The van der Waals surface area contributed by atoms with Crippen LogP contribution in [-0.2, 0) is 11.3 Å². The SMILES string of the molecule is CCCn1ccc2ccc(NC(=O)[C@@H](N)C(C)(C)C)cc21.Cl. The second-order valence-corrected chi connectivity index (χ2v) is 6.62. The van der Waals surface area contributed by atoms with Gasteiger partial charge in [0.1, 0.15) is 0 Å². The largest absolute Gasteiger partial charge is 0.347 e. The van der Waals surface area contributed by atoms with Gasteiger partial charge in [0, 0.05) is 18.4 Å². The van der Waals surface area contributed by atoms with Crippen LogP contribution in [-0.4, -0.2) is 16.5 Å². The number of nitrogens with one attached hydrogen (secondary N) is 1. The molecule has 4 nitrogen and oxygen atoms in total. The molecule has 0 aliphatic carbocycles. The first-order valence-corrected chi connectivity index (χ1v) is 7.48. The Balaban J connectivity index is 0.00000242. The van der Waals surface area contributed by atoms with Gasteiger partial charge in [-0.3, -0.25) is 4.79 Å².